The number of hydrogen-bond acceptors (Lipinski definition) is 7. The second-order valence-electron chi connectivity index (χ2n) is 5.57. The molecule has 2 unspecified atom stereocenters. The van der Waals surface area contributed by atoms with Crippen molar-refractivity contribution >= 4 is 18.0 Å². The fraction of sp³-hybridized carbons (Fsp3) is 0.500. The van der Waals surface area contributed by atoms with E-state index in [2.05, 4.69) is 0 Å². The van der Waals surface area contributed by atoms with Crippen LogP contribution in [0.15, 0.2) is 24.3 Å². The van der Waals surface area contributed by atoms with Gasteiger partial charge in [-0.2, -0.15) is 0 Å². The van der Waals surface area contributed by atoms with Crippen LogP contribution in [0.1, 0.15) is 33.7 Å². The lowest BCUT2D eigenvalue weighted by Crippen LogP contribution is -2.39. The smallest absolute Gasteiger partial charge is 0.414 e. The largest absolute Gasteiger partial charge is 0.479 e. The van der Waals surface area contributed by atoms with E-state index in [-0.39, 0.29) is 5.75 Å². The Morgan fingerprint density at radius 2 is 1.68 bits per heavy atom. The van der Waals surface area contributed by atoms with Gasteiger partial charge in [0.15, 0.2) is 12.2 Å². The van der Waals surface area contributed by atoms with E-state index in [1.54, 1.807) is 32.2 Å². The van der Waals surface area contributed by atoms with E-state index >= 15 is 0 Å². The molecule has 0 saturated carbocycles. The lowest BCUT2D eigenvalue weighted by atomic mass is 10.1. The van der Waals surface area contributed by atoms with Crippen LogP contribution in [-0.4, -0.2) is 88.0 Å². The molecule has 0 aliphatic rings. The van der Waals surface area contributed by atoms with E-state index in [4.69, 9.17) is 33.4 Å². The molecule has 158 valence electrons. The molecule has 1 aromatic rings. The van der Waals surface area contributed by atoms with Crippen molar-refractivity contribution in [1.29, 1.82) is 0 Å². The van der Waals surface area contributed by atoms with Gasteiger partial charge in [-0.1, -0.05) is 12.1 Å². The Morgan fingerprint density at radius 3 is 2.11 bits per heavy atom. The monoisotopic (exact) mass is 408 g/mol. The van der Waals surface area contributed by atoms with Crippen molar-refractivity contribution in [1.82, 2.24) is 9.80 Å². The summed E-state index contributed by atoms with van der Waals surface area (Å²) in [4.78, 5) is 33.2. The van der Waals surface area contributed by atoms with Gasteiger partial charge in [0.1, 0.15) is 5.75 Å². The van der Waals surface area contributed by atoms with Crippen molar-refractivity contribution in [2.24, 2.45) is 0 Å². The molecule has 0 fully saturated rings. The van der Waals surface area contributed by atoms with E-state index in [1.807, 2.05) is 0 Å². The van der Waals surface area contributed by atoms with Crippen LogP contribution in [0.5, 0.6) is 5.75 Å². The number of aliphatic hydroxyl groups excluding tert-OH is 2. The Labute approximate surface area is 172 Å². The second kappa shape index (κ2) is 11.9. The predicted octanol–water partition coefficient (Wildman–Crippen LogP) is 0.637. The summed E-state index contributed by atoms with van der Waals surface area (Å²) in [6, 6.07) is 5.27. The molecule has 10 heteroatoms. The summed E-state index contributed by atoms with van der Waals surface area (Å²) < 4.78 is 50.1. The van der Waals surface area contributed by atoms with Crippen molar-refractivity contribution in [2.75, 3.05) is 27.5 Å². The molecule has 0 aliphatic heterocycles. The summed E-state index contributed by atoms with van der Waals surface area (Å²) in [6.07, 6.45) is -5.08. The van der Waals surface area contributed by atoms with Crippen LogP contribution in [0.4, 0.5) is 4.79 Å². The highest BCUT2D eigenvalue weighted by Gasteiger charge is 2.29. The highest BCUT2D eigenvalue weighted by atomic mass is 16.6. The maximum absolute atomic E-state index is 11.8. The molecular weight excluding hydrogens is 374 g/mol. The number of carboxylic acids is 2. The number of amides is 1. The van der Waals surface area contributed by atoms with Gasteiger partial charge < -0.3 is 35.0 Å². The van der Waals surface area contributed by atoms with E-state index in [0.717, 1.165) is 0 Å². The molecule has 0 radical (unpaired) electrons. The van der Waals surface area contributed by atoms with Crippen LogP contribution in [-0.2, 0) is 9.59 Å². The number of ether oxygens (including phenoxy) is 1. The van der Waals surface area contributed by atoms with Gasteiger partial charge in [-0.25, -0.2) is 14.4 Å². The van der Waals surface area contributed by atoms with E-state index in [0.29, 0.717) is 17.0 Å². The molecule has 1 aromatic carbocycles. The molecule has 0 aliphatic carbocycles. The summed E-state index contributed by atoms with van der Waals surface area (Å²) >= 11 is 0. The fourth-order valence-corrected chi connectivity index (χ4v) is 1.56. The highest BCUT2D eigenvalue weighted by molar-refractivity contribution is 5.83. The lowest BCUT2D eigenvalue weighted by molar-refractivity contribution is -0.165. The number of nitrogens with zero attached hydrogens (tertiary/aromatic N) is 2. The zero-order valence-electron chi connectivity index (χ0n) is 21.6. The molecule has 1 amide bonds. The minimum Gasteiger partial charge on any atom is -0.479 e. The average molecular weight is 408 g/mol. The van der Waals surface area contributed by atoms with Gasteiger partial charge in [0, 0.05) is 27.9 Å². The van der Waals surface area contributed by atoms with Crippen molar-refractivity contribution in [3.63, 3.8) is 0 Å². The van der Waals surface area contributed by atoms with Crippen LogP contribution in [0, 0.1) is 0 Å². The number of hydrogen-bond donors (Lipinski definition) is 4. The SMILES string of the molecule is O=C(O)C(O)C(O)C(=O)O.[2H][13C]([2H])([2H])N([C@@H](C)c1cccc(OC(=O)N(C)CC)c1)[13C]([2H])([2H])[2H]. The first-order valence-corrected chi connectivity index (χ1v) is 7.98. The van der Waals surface area contributed by atoms with Gasteiger partial charge in [-0.05, 0) is 45.5 Å². The van der Waals surface area contributed by atoms with E-state index in [1.165, 1.54) is 17.9 Å². The van der Waals surface area contributed by atoms with Crippen molar-refractivity contribution in [2.45, 2.75) is 32.1 Å². The Bertz CT molecular complexity index is 816. The third kappa shape index (κ3) is 8.33. The number of carboxylic acid groups (broad SMARTS) is 2. The zero-order valence-corrected chi connectivity index (χ0v) is 15.6. The standard InChI is InChI=1S/C14H22N2O2.C4H6O6/c1-6-16(5)14(17)18-13-9-7-8-12(10-13)11(2)15(3)4;5-1(3(7)8)2(6)4(9)10/h7-11H,6H2,1-5H3;1-2,5-6H,(H,7,8)(H,9,10)/t11-;/m0./s1/i3+1D3,4+1D3;. The highest BCUT2D eigenvalue weighted by Crippen LogP contribution is 2.22. The zero-order chi connectivity index (χ0) is 27.0. The van der Waals surface area contributed by atoms with Crippen molar-refractivity contribution < 1.29 is 47.8 Å². The lowest BCUT2D eigenvalue weighted by Gasteiger charge is -2.21. The van der Waals surface area contributed by atoms with E-state index < -0.39 is 50.2 Å². The van der Waals surface area contributed by atoms with Gasteiger partial charge in [0.05, 0.1) is 0 Å². The van der Waals surface area contributed by atoms with Crippen molar-refractivity contribution in [3.8, 4) is 5.75 Å². The Morgan fingerprint density at radius 1 is 1.14 bits per heavy atom. The first kappa shape index (κ1) is 16.3. The predicted molar refractivity (Wildman–Crippen MR) is 100 cm³/mol. The quantitative estimate of drug-likeness (QED) is 0.477. The van der Waals surface area contributed by atoms with Crippen LogP contribution in [0.2, 0.25) is 0 Å². The normalized spacial score (nSPS) is 17.6. The van der Waals surface area contributed by atoms with Gasteiger partial charge >= 0.3 is 18.0 Å². The van der Waals surface area contributed by atoms with Gasteiger partial charge in [0.2, 0.25) is 0 Å². The van der Waals surface area contributed by atoms with Crippen molar-refractivity contribution in [3.05, 3.63) is 29.8 Å². The van der Waals surface area contributed by atoms with Crippen LogP contribution in [0.25, 0.3) is 0 Å². The van der Waals surface area contributed by atoms with Gasteiger partial charge in [-0.3, -0.25) is 0 Å². The van der Waals surface area contributed by atoms with Crippen LogP contribution in [0.3, 0.4) is 0 Å². The molecule has 10 nitrogen and oxygen atoms in total. The third-order valence-corrected chi connectivity index (χ3v) is 3.52. The maximum atomic E-state index is 11.8. The first-order chi connectivity index (χ1) is 15.3. The number of aliphatic carboxylic acids is 2. The molecule has 0 saturated heterocycles. The minimum absolute atomic E-state index is 0.223. The Kier molecular flexibility index (Phi) is 6.92. The molecule has 0 spiro atoms. The fourth-order valence-electron chi connectivity index (χ4n) is 1.56. The number of aliphatic hydroxyl groups is 2. The molecule has 1 rings (SSSR count). The summed E-state index contributed by atoms with van der Waals surface area (Å²) in [7, 11) is 1.58. The second-order valence-corrected chi connectivity index (χ2v) is 5.57. The number of carbonyl (C=O) groups excluding carboxylic acids is 1. The molecule has 0 aromatic heterocycles. The van der Waals surface area contributed by atoms with Crippen LogP contribution < -0.4 is 4.74 Å². The summed E-state index contributed by atoms with van der Waals surface area (Å²) in [5.41, 5.74) is 0.423. The van der Waals surface area contributed by atoms with E-state index in [9.17, 15) is 14.4 Å². The van der Waals surface area contributed by atoms with Gasteiger partial charge in [-0.15, -0.1) is 0 Å². The first-order valence-electron chi connectivity index (χ1n) is 11.0. The average Bonchev–Trinajstić information content (AvgIpc) is 2.70. The molecule has 4 N–H and O–H groups in total. The van der Waals surface area contributed by atoms with Gasteiger partial charge in [0.25, 0.3) is 0 Å². The summed E-state index contributed by atoms with van der Waals surface area (Å²) in [5, 5.41) is 32.5. The topological polar surface area (TPSA) is 148 Å². The Hall–Kier alpha value is -2.69. The minimum atomic E-state index is -2.79. The molecular formula is C18H28N2O8. The molecule has 0 bridgehead atoms. The summed E-state index contributed by atoms with van der Waals surface area (Å²) in [5.74, 6) is -3.31. The number of benzene rings is 1. The maximum Gasteiger partial charge on any atom is 0.414 e. The van der Waals surface area contributed by atoms with Crippen LogP contribution >= 0.6 is 0 Å². The Balaban J connectivity index is 0.000000916. The molecule has 0 heterocycles. The number of carbonyl (C=O) groups is 3. The molecule has 28 heavy (non-hydrogen) atoms. The number of rotatable bonds is 7. The summed E-state index contributed by atoms with van der Waals surface area (Å²) in [6.45, 7) is -1.83. The third-order valence-electron chi connectivity index (χ3n) is 3.52. The molecule has 3 atom stereocenters.